The number of carbonyl (C=O) groups is 1. The van der Waals surface area contributed by atoms with Crippen molar-refractivity contribution in [3.8, 4) is 0 Å². The minimum atomic E-state index is -0.659. The summed E-state index contributed by atoms with van der Waals surface area (Å²) in [6.07, 6.45) is 1.63. The number of hydrogen-bond donors (Lipinski definition) is 0. The molecule has 0 amide bonds. The van der Waals surface area contributed by atoms with Crippen molar-refractivity contribution < 1.29 is 9.53 Å². The number of Topliss-reactive ketones (excluding diaryl/α,β-unsaturated/α-hetero) is 1. The summed E-state index contributed by atoms with van der Waals surface area (Å²) in [5.74, 6) is 0.0364. The first-order valence-corrected chi connectivity index (χ1v) is 3.26. The van der Waals surface area contributed by atoms with Crippen LogP contribution in [-0.4, -0.2) is 18.0 Å². The second-order valence-corrected chi connectivity index (χ2v) is 2.67. The van der Waals surface area contributed by atoms with Gasteiger partial charge in [0.1, 0.15) is 5.60 Å². The minimum Gasteiger partial charge on any atom is -0.364 e. The van der Waals surface area contributed by atoms with Crippen molar-refractivity contribution in [2.75, 3.05) is 6.61 Å². The molecule has 0 aliphatic heterocycles. The van der Waals surface area contributed by atoms with E-state index in [9.17, 15) is 4.79 Å². The highest BCUT2D eigenvalue weighted by molar-refractivity contribution is 5.83. The molecule has 0 rings (SSSR count). The zero-order chi connectivity index (χ0) is 8.20. The van der Waals surface area contributed by atoms with E-state index in [1.54, 1.807) is 19.9 Å². The maximum atomic E-state index is 10.8. The first-order chi connectivity index (χ1) is 4.50. The third kappa shape index (κ3) is 2.78. The molecule has 0 aromatic heterocycles. The topological polar surface area (TPSA) is 26.3 Å². The van der Waals surface area contributed by atoms with Gasteiger partial charge >= 0.3 is 0 Å². The molecule has 0 aromatic carbocycles. The molecular weight excluding hydrogens is 128 g/mol. The zero-order valence-corrected chi connectivity index (χ0v) is 6.81. The molecule has 0 saturated carbocycles. The summed E-state index contributed by atoms with van der Waals surface area (Å²) in [6.45, 7) is 8.92. The zero-order valence-electron chi connectivity index (χ0n) is 6.81. The van der Waals surface area contributed by atoms with Crippen molar-refractivity contribution in [3.63, 3.8) is 0 Å². The fourth-order valence-electron chi connectivity index (χ4n) is 0.369. The Morgan fingerprint density at radius 3 is 2.50 bits per heavy atom. The van der Waals surface area contributed by atoms with Gasteiger partial charge in [-0.05, 0) is 20.8 Å². The maximum Gasteiger partial charge on any atom is 0.160 e. The molecule has 0 heterocycles. The highest BCUT2D eigenvalue weighted by atomic mass is 16.5. The third-order valence-electron chi connectivity index (χ3n) is 1.41. The molecule has 0 bridgehead atoms. The predicted molar refractivity (Wildman–Crippen MR) is 40.9 cm³/mol. The first-order valence-electron chi connectivity index (χ1n) is 3.26. The summed E-state index contributed by atoms with van der Waals surface area (Å²) in [5, 5.41) is 0. The molecule has 0 aromatic rings. The number of hydrogen-bond acceptors (Lipinski definition) is 2. The average molecular weight is 142 g/mol. The summed E-state index contributed by atoms with van der Waals surface area (Å²) in [6, 6.07) is 0. The van der Waals surface area contributed by atoms with Gasteiger partial charge in [-0.3, -0.25) is 4.79 Å². The van der Waals surface area contributed by atoms with Crippen molar-refractivity contribution in [3.05, 3.63) is 12.7 Å². The molecule has 10 heavy (non-hydrogen) atoms. The Bertz CT molecular complexity index is 136. The van der Waals surface area contributed by atoms with Crippen LogP contribution in [0, 0.1) is 0 Å². The fourth-order valence-corrected chi connectivity index (χ4v) is 0.369. The second kappa shape index (κ2) is 3.52. The van der Waals surface area contributed by atoms with Gasteiger partial charge < -0.3 is 4.74 Å². The van der Waals surface area contributed by atoms with E-state index >= 15 is 0 Å². The van der Waals surface area contributed by atoms with Crippen LogP contribution in [0.3, 0.4) is 0 Å². The van der Waals surface area contributed by atoms with Gasteiger partial charge in [0.2, 0.25) is 0 Å². The van der Waals surface area contributed by atoms with Crippen LogP contribution >= 0.6 is 0 Å². The first kappa shape index (κ1) is 9.37. The van der Waals surface area contributed by atoms with Crippen LogP contribution in [0.25, 0.3) is 0 Å². The molecule has 0 atom stereocenters. The van der Waals surface area contributed by atoms with Crippen molar-refractivity contribution in [1.82, 2.24) is 0 Å². The van der Waals surface area contributed by atoms with Gasteiger partial charge in [0.05, 0.1) is 6.61 Å². The smallest absolute Gasteiger partial charge is 0.160 e. The molecule has 0 spiro atoms. The van der Waals surface area contributed by atoms with Gasteiger partial charge in [0.15, 0.2) is 5.78 Å². The van der Waals surface area contributed by atoms with Crippen LogP contribution in [0.4, 0.5) is 0 Å². The Kier molecular flexibility index (Phi) is 3.30. The molecule has 0 aliphatic rings. The molecule has 0 N–H and O–H groups in total. The molecule has 2 heteroatoms. The van der Waals surface area contributed by atoms with Crippen molar-refractivity contribution in [1.29, 1.82) is 0 Å². The summed E-state index contributed by atoms with van der Waals surface area (Å²) in [4.78, 5) is 10.8. The van der Waals surface area contributed by atoms with E-state index in [4.69, 9.17) is 4.74 Å². The van der Waals surface area contributed by atoms with E-state index in [-0.39, 0.29) is 5.78 Å². The van der Waals surface area contributed by atoms with Crippen LogP contribution in [-0.2, 0) is 9.53 Å². The molecule has 2 nitrogen and oxygen atoms in total. The van der Waals surface area contributed by atoms with Gasteiger partial charge in [-0.2, -0.15) is 0 Å². The molecule has 0 radical (unpaired) electrons. The fraction of sp³-hybridized carbons (Fsp3) is 0.625. The lowest BCUT2D eigenvalue weighted by Gasteiger charge is -2.20. The molecule has 0 fully saturated rings. The second-order valence-electron chi connectivity index (χ2n) is 2.67. The molecule has 58 valence electrons. The van der Waals surface area contributed by atoms with Gasteiger partial charge in [0, 0.05) is 0 Å². The van der Waals surface area contributed by atoms with E-state index in [0.717, 1.165) is 0 Å². The lowest BCUT2D eigenvalue weighted by atomic mass is 10.1. The standard InChI is InChI=1S/C8H14O2/c1-5-6-10-8(3,4)7(2)9/h5H,1,6H2,2-4H3. The number of rotatable bonds is 4. The maximum absolute atomic E-state index is 10.8. The van der Waals surface area contributed by atoms with Gasteiger partial charge in [-0.1, -0.05) is 6.08 Å². The van der Waals surface area contributed by atoms with Crippen LogP contribution in [0.1, 0.15) is 20.8 Å². The normalized spacial score (nSPS) is 11.1. The highest BCUT2D eigenvalue weighted by Gasteiger charge is 2.22. The Morgan fingerprint density at radius 2 is 2.20 bits per heavy atom. The number of carbonyl (C=O) groups excluding carboxylic acids is 1. The SMILES string of the molecule is C=CCOC(C)(C)C(C)=O. The summed E-state index contributed by atoms with van der Waals surface area (Å²) in [5.41, 5.74) is -0.659. The molecular formula is C8H14O2. The third-order valence-corrected chi connectivity index (χ3v) is 1.41. The number of ether oxygens (including phenoxy) is 1. The Hall–Kier alpha value is -0.630. The van der Waals surface area contributed by atoms with E-state index in [2.05, 4.69) is 6.58 Å². The van der Waals surface area contributed by atoms with E-state index in [1.807, 2.05) is 0 Å². The molecule has 0 saturated heterocycles. The average Bonchev–Trinajstić information content (AvgIpc) is 1.84. The van der Waals surface area contributed by atoms with Crippen LogP contribution in [0.15, 0.2) is 12.7 Å². The van der Waals surface area contributed by atoms with E-state index < -0.39 is 5.60 Å². The van der Waals surface area contributed by atoms with Crippen molar-refractivity contribution in [2.24, 2.45) is 0 Å². The quantitative estimate of drug-likeness (QED) is 0.557. The molecule has 0 aliphatic carbocycles. The summed E-state index contributed by atoms with van der Waals surface area (Å²) in [7, 11) is 0. The van der Waals surface area contributed by atoms with Crippen LogP contribution in [0.2, 0.25) is 0 Å². The van der Waals surface area contributed by atoms with E-state index in [1.165, 1.54) is 6.92 Å². The van der Waals surface area contributed by atoms with Crippen molar-refractivity contribution >= 4 is 5.78 Å². The lowest BCUT2D eigenvalue weighted by Crippen LogP contribution is -2.32. The lowest BCUT2D eigenvalue weighted by molar-refractivity contribution is -0.136. The Labute approximate surface area is 61.9 Å². The summed E-state index contributed by atoms with van der Waals surface area (Å²) < 4.78 is 5.17. The monoisotopic (exact) mass is 142 g/mol. The highest BCUT2D eigenvalue weighted by Crippen LogP contribution is 2.09. The Morgan fingerprint density at radius 1 is 1.70 bits per heavy atom. The van der Waals surface area contributed by atoms with Crippen LogP contribution in [0.5, 0.6) is 0 Å². The van der Waals surface area contributed by atoms with Gasteiger partial charge in [0.25, 0.3) is 0 Å². The van der Waals surface area contributed by atoms with Gasteiger partial charge in [-0.15, -0.1) is 6.58 Å². The minimum absolute atomic E-state index is 0.0364. The van der Waals surface area contributed by atoms with Gasteiger partial charge in [-0.25, -0.2) is 0 Å². The Balaban J connectivity index is 3.86. The largest absolute Gasteiger partial charge is 0.364 e. The van der Waals surface area contributed by atoms with E-state index in [0.29, 0.717) is 6.61 Å². The van der Waals surface area contributed by atoms with Crippen LogP contribution < -0.4 is 0 Å². The summed E-state index contributed by atoms with van der Waals surface area (Å²) >= 11 is 0. The van der Waals surface area contributed by atoms with Crippen molar-refractivity contribution in [2.45, 2.75) is 26.4 Å². The molecule has 0 unspecified atom stereocenters. The predicted octanol–water partition coefficient (Wildman–Crippen LogP) is 1.56. The number of ketones is 1.